The van der Waals surface area contributed by atoms with E-state index in [2.05, 4.69) is 15.9 Å². The van der Waals surface area contributed by atoms with E-state index in [9.17, 15) is 5.11 Å². The number of para-hydroxylation sites is 1. The van der Waals surface area contributed by atoms with E-state index in [1.54, 1.807) is 6.92 Å². The van der Waals surface area contributed by atoms with Gasteiger partial charge in [-0.05, 0) is 37.1 Å². The maximum absolute atomic E-state index is 9.81. The van der Waals surface area contributed by atoms with E-state index in [1.807, 2.05) is 42.5 Å². The smallest absolute Gasteiger partial charge is 0.134 e. The van der Waals surface area contributed by atoms with Crippen LogP contribution in [-0.2, 0) is 6.42 Å². The van der Waals surface area contributed by atoms with Gasteiger partial charge in [-0.25, -0.2) is 0 Å². The Labute approximate surface area is 127 Å². The lowest BCUT2D eigenvalue weighted by atomic mass is 10.1. The Hall–Kier alpha value is -1.36. The molecule has 2 aromatic carbocycles. The monoisotopic (exact) mass is 336 g/mol. The Kier molecular flexibility index (Phi) is 5.17. The largest absolute Gasteiger partial charge is 0.457 e. The zero-order valence-electron chi connectivity index (χ0n) is 11.2. The molecule has 0 bridgehead atoms. The van der Waals surface area contributed by atoms with Crippen molar-refractivity contribution in [1.82, 2.24) is 0 Å². The summed E-state index contributed by atoms with van der Waals surface area (Å²) < 4.78 is 6.82. The van der Waals surface area contributed by atoms with Crippen molar-refractivity contribution >= 4 is 15.9 Å². The van der Waals surface area contributed by atoms with Crippen molar-refractivity contribution in [3.8, 4) is 11.5 Å². The molecule has 106 valence electrons. The predicted molar refractivity (Wildman–Crippen MR) is 82.1 cm³/mol. The quantitative estimate of drug-likeness (QED) is 0.872. The lowest BCUT2D eigenvalue weighted by Crippen LogP contribution is -1.99. The van der Waals surface area contributed by atoms with E-state index in [0.29, 0.717) is 17.9 Å². The molecule has 3 nitrogen and oxygen atoms in total. The first-order valence-electron chi connectivity index (χ1n) is 6.46. The minimum Gasteiger partial charge on any atom is -0.457 e. The minimum absolute atomic E-state index is 0.0715. The van der Waals surface area contributed by atoms with Crippen molar-refractivity contribution in [2.45, 2.75) is 19.4 Å². The van der Waals surface area contributed by atoms with E-state index < -0.39 is 6.10 Å². The summed E-state index contributed by atoms with van der Waals surface area (Å²) in [7, 11) is 0. The molecule has 0 aliphatic carbocycles. The van der Waals surface area contributed by atoms with Crippen molar-refractivity contribution in [3.63, 3.8) is 0 Å². The number of aliphatic hydroxyl groups is 2. The summed E-state index contributed by atoms with van der Waals surface area (Å²) in [6.07, 6.45) is -0.0723. The van der Waals surface area contributed by atoms with Gasteiger partial charge in [0, 0.05) is 16.6 Å². The van der Waals surface area contributed by atoms with Gasteiger partial charge in [0.15, 0.2) is 0 Å². The van der Waals surface area contributed by atoms with Crippen molar-refractivity contribution in [3.05, 3.63) is 58.1 Å². The molecular weight excluding hydrogens is 320 g/mol. The van der Waals surface area contributed by atoms with Crippen LogP contribution < -0.4 is 4.74 Å². The molecule has 0 spiro atoms. The van der Waals surface area contributed by atoms with Crippen LogP contribution in [0.4, 0.5) is 0 Å². The van der Waals surface area contributed by atoms with Crippen LogP contribution in [0.15, 0.2) is 46.9 Å². The lowest BCUT2D eigenvalue weighted by molar-refractivity contribution is 0.195. The van der Waals surface area contributed by atoms with Crippen LogP contribution in [0.2, 0.25) is 0 Å². The first-order valence-corrected chi connectivity index (χ1v) is 7.25. The molecular formula is C16H17BrO3. The van der Waals surface area contributed by atoms with Crippen LogP contribution in [0.3, 0.4) is 0 Å². The zero-order chi connectivity index (χ0) is 14.5. The molecule has 0 aromatic heterocycles. The number of aliphatic hydroxyl groups excluding tert-OH is 2. The maximum atomic E-state index is 9.81. The van der Waals surface area contributed by atoms with Gasteiger partial charge < -0.3 is 14.9 Å². The fraction of sp³-hybridized carbons (Fsp3) is 0.250. The fourth-order valence-electron chi connectivity index (χ4n) is 1.99. The second-order valence-electron chi connectivity index (χ2n) is 4.54. The highest BCUT2D eigenvalue weighted by Crippen LogP contribution is 2.33. The SMILES string of the molecule is CC(O)c1ccc(Br)cc1Oc1ccccc1CCO. The van der Waals surface area contributed by atoms with Crippen LogP contribution in [0.25, 0.3) is 0 Å². The van der Waals surface area contributed by atoms with Crippen molar-refractivity contribution in [2.75, 3.05) is 6.61 Å². The first-order chi connectivity index (χ1) is 9.61. The Balaban J connectivity index is 2.37. The van der Waals surface area contributed by atoms with Crippen LogP contribution in [-0.4, -0.2) is 16.8 Å². The topological polar surface area (TPSA) is 49.7 Å². The Morgan fingerprint density at radius 2 is 1.90 bits per heavy atom. The molecule has 0 saturated heterocycles. The van der Waals surface area contributed by atoms with Gasteiger partial charge in [0.2, 0.25) is 0 Å². The zero-order valence-corrected chi connectivity index (χ0v) is 12.8. The third kappa shape index (κ3) is 3.60. The van der Waals surface area contributed by atoms with E-state index in [-0.39, 0.29) is 6.61 Å². The summed E-state index contributed by atoms with van der Waals surface area (Å²) in [4.78, 5) is 0. The van der Waals surface area contributed by atoms with Crippen molar-refractivity contribution in [1.29, 1.82) is 0 Å². The summed E-state index contributed by atoms with van der Waals surface area (Å²) in [5.41, 5.74) is 1.67. The summed E-state index contributed by atoms with van der Waals surface area (Å²) in [5.74, 6) is 1.31. The van der Waals surface area contributed by atoms with E-state index in [0.717, 1.165) is 15.6 Å². The van der Waals surface area contributed by atoms with Crippen LogP contribution >= 0.6 is 15.9 Å². The van der Waals surface area contributed by atoms with E-state index >= 15 is 0 Å². The maximum Gasteiger partial charge on any atom is 0.134 e. The third-order valence-electron chi connectivity index (χ3n) is 3.00. The first kappa shape index (κ1) is 15.0. The van der Waals surface area contributed by atoms with Gasteiger partial charge in [-0.15, -0.1) is 0 Å². The highest BCUT2D eigenvalue weighted by molar-refractivity contribution is 9.10. The minimum atomic E-state index is -0.608. The molecule has 1 atom stereocenters. The van der Waals surface area contributed by atoms with E-state index in [4.69, 9.17) is 9.84 Å². The predicted octanol–water partition coefficient (Wildman–Crippen LogP) is 3.83. The Bertz CT molecular complexity index is 582. The van der Waals surface area contributed by atoms with Gasteiger partial charge in [-0.3, -0.25) is 0 Å². The Morgan fingerprint density at radius 1 is 1.15 bits per heavy atom. The summed E-state index contributed by atoms with van der Waals surface area (Å²) >= 11 is 3.41. The van der Waals surface area contributed by atoms with Crippen LogP contribution in [0, 0.1) is 0 Å². The number of benzene rings is 2. The molecule has 0 aliphatic heterocycles. The van der Waals surface area contributed by atoms with Crippen LogP contribution in [0.1, 0.15) is 24.2 Å². The van der Waals surface area contributed by atoms with Crippen molar-refractivity contribution < 1.29 is 14.9 Å². The van der Waals surface area contributed by atoms with Gasteiger partial charge >= 0.3 is 0 Å². The Morgan fingerprint density at radius 3 is 2.60 bits per heavy atom. The summed E-state index contributed by atoms with van der Waals surface area (Å²) in [5, 5.41) is 18.9. The number of hydrogen-bond donors (Lipinski definition) is 2. The normalized spacial score (nSPS) is 12.2. The molecule has 20 heavy (non-hydrogen) atoms. The average molecular weight is 337 g/mol. The molecule has 2 rings (SSSR count). The standard InChI is InChI=1S/C16H17BrO3/c1-11(19)14-7-6-13(17)10-16(14)20-15-5-3-2-4-12(15)8-9-18/h2-7,10-11,18-19H,8-9H2,1H3. The van der Waals surface area contributed by atoms with Gasteiger partial charge in [0.05, 0.1) is 6.10 Å². The lowest BCUT2D eigenvalue weighted by Gasteiger charge is -2.15. The number of rotatable bonds is 5. The second kappa shape index (κ2) is 6.88. The number of hydrogen-bond acceptors (Lipinski definition) is 3. The number of ether oxygens (including phenoxy) is 1. The molecule has 0 amide bonds. The van der Waals surface area contributed by atoms with Gasteiger partial charge in [-0.1, -0.05) is 40.2 Å². The molecule has 2 N–H and O–H groups in total. The molecule has 0 saturated carbocycles. The highest BCUT2D eigenvalue weighted by atomic mass is 79.9. The molecule has 0 radical (unpaired) electrons. The number of halogens is 1. The van der Waals surface area contributed by atoms with Gasteiger partial charge in [0.1, 0.15) is 11.5 Å². The fourth-order valence-corrected chi connectivity index (χ4v) is 2.33. The second-order valence-corrected chi connectivity index (χ2v) is 5.46. The molecule has 4 heteroatoms. The summed E-state index contributed by atoms with van der Waals surface area (Å²) in [6, 6.07) is 13.1. The summed E-state index contributed by atoms with van der Waals surface area (Å²) in [6.45, 7) is 1.78. The van der Waals surface area contributed by atoms with Gasteiger partial charge in [-0.2, -0.15) is 0 Å². The van der Waals surface area contributed by atoms with Gasteiger partial charge in [0.25, 0.3) is 0 Å². The molecule has 0 fully saturated rings. The van der Waals surface area contributed by atoms with Crippen molar-refractivity contribution in [2.24, 2.45) is 0 Å². The molecule has 0 aliphatic rings. The molecule has 1 unspecified atom stereocenters. The molecule has 0 heterocycles. The molecule has 2 aromatic rings. The highest BCUT2D eigenvalue weighted by Gasteiger charge is 2.12. The van der Waals surface area contributed by atoms with E-state index in [1.165, 1.54) is 0 Å². The average Bonchev–Trinajstić information content (AvgIpc) is 2.41. The third-order valence-corrected chi connectivity index (χ3v) is 3.49. The van der Waals surface area contributed by atoms with Crippen LogP contribution in [0.5, 0.6) is 11.5 Å².